The molecule has 5 heteroatoms. The SMILES string of the molecule is COc1cc(C=O)ccc1OCC(=O)N(C(C)C)C(C)C. The van der Waals surface area contributed by atoms with E-state index in [1.54, 1.807) is 23.1 Å². The lowest BCUT2D eigenvalue weighted by molar-refractivity contribution is -0.137. The van der Waals surface area contributed by atoms with Gasteiger partial charge in [-0.1, -0.05) is 0 Å². The van der Waals surface area contributed by atoms with E-state index in [4.69, 9.17) is 9.47 Å². The van der Waals surface area contributed by atoms with Gasteiger partial charge < -0.3 is 14.4 Å². The van der Waals surface area contributed by atoms with Crippen molar-refractivity contribution < 1.29 is 19.1 Å². The summed E-state index contributed by atoms with van der Waals surface area (Å²) in [6.45, 7) is 7.82. The summed E-state index contributed by atoms with van der Waals surface area (Å²) in [6, 6.07) is 5.05. The zero-order chi connectivity index (χ0) is 16.0. The van der Waals surface area contributed by atoms with Crippen LogP contribution in [-0.4, -0.2) is 42.9 Å². The lowest BCUT2D eigenvalue weighted by Crippen LogP contribution is -2.44. The Kier molecular flexibility index (Phi) is 6.21. The van der Waals surface area contributed by atoms with Gasteiger partial charge in [-0.2, -0.15) is 0 Å². The summed E-state index contributed by atoms with van der Waals surface area (Å²) in [7, 11) is 1.49. The van der Waals surface area contributed by atoms with Crippen LogP contribution in [0.4, 0.5) is 0 Å². The zero-order valence-electron chi connectivity index (χ0n) is 13.3. The Hall–Kier alpha value is -2.04. The lowest BCUT2D eigenvalue weighted by atomic mass is 10.2. The van der Waals surface area contributed by atoms with Crippen LogP contribution in [0, 0.1) is 0 Å². The van der Waals surface area contributed by atoms with Gasteiger partial charge in [-0.3, -0.25) is 9.59 Å². The van der Waals surface area contributed by atoms with E-state index in [2.05, 4.69) is 0 Å². The number of nitrogens with zero attached hydrogens (tertiary/aromatic N) is 1. The molecule has 1 amide bonds. The van der Waals surface area contributed by atoms with Crippen molar-refractivity contribution in [3.63, 3.8) is 0 Å². The minimum Gasteiger partial charge on any atom is -0.493 e. The van der Waals surface area contributed by atoms with Crippen molar-refractivity contribution in [3.05, 3.63) is 23.8 Å². The summed E-state index contributed by atoms with van der Waals surface area (Å²) >= 11 is 0. The number of methoxy groups -OCH3 is 1. The van der Waals surface area contributed by atoms with Gasteiger partial charge in [0.25, 0.3) is 5.91 Å². The summed E-state index contributed by atoms with van der Waals surface area (Å²) in [5.41, 5.74) is 0.497. The molecule has 21 heavy (non-hydrogen) atoms. The van der Waals surface area contributed by atoms with Crippen molar-refractivity contribution in [2.75, 3.05) is 13.7 Å². The molecule has 1 aromatic rings. The molecule has 0 atom stereocenters. The molecular weight excluding hydrogens is 270 g/mol. The fourth-order valence-electron chi connectivity index (χ4n) is 2.26. The minimum absolute atomic E-state index is 0.0623. The van der Waals surface area contributed by atoms with Gasteiger partial charge in [-0.25, -0.2) is 0 Å². The number of aldehydes is 1. The maximum atomic E-state index is 12.2. The molecule has 116 valence electrons. The molecule has 0 aliphatic rings. The van der Waals surface area contributed by atoms with E-state index < -0.39 is 0 Å². The fourth-order valence-corrected chi connectivity index (χ4v) is 2.26. The van der Waals surface area contributed by atoms with Crippen LogP contribution in [-0.2, 0) is 4.79 Å². The number of hydrogen-bond acceptors (Lipinski definition) is 4. The highest BCUT2D eigenvalue weighted by Gasteiger charge is 2.20. The van der Waals surface area contributed by atoms with Crippen molar-refractivity contribution >= 4 is 12.2 Å². The van der Waals surface area contributed by atoms with Crippen LogP contribution in [0.25, 0.3) is 0 Å². The number of carbonyl (C=O) groups excluding carboxylic acids is 2. The number of rotatable bonds is 7. The van der Waals surface area contributed by atoms with Crippen LogP contribution in [0.3, 0.4) is 0 Å². The lowest BCUT2D eigenvalue weighted by Gasteiger charge is -2.30. The van der Waals surface area contributed by atoms with E-state index in [0.29, 0.717) is 17.1 Å². The topological polar surface area (TPSA) is 55.8 Å². The number of benzene rings is 1. The highest BCUT2D eigenvalue weighted by atomic mass is 16.5. The third kappa shape index (κ3) is 4.48. The monoisotopic (exact) mass is 293 g/mol. The van der Waals surface area contributed by atoms with Crippen molar-refractivity contribution in [1.29, 1.82) is 0 Å². The van der Waals surface area contributed by atoms with Gasteiger partial charge in [0.05, 0.1) is 7.11 Å². The zero-order valence-corrected chi connectivity index (χ0v) is 13.3. The quantitative estimate of drug-likeness (QED) is 0.725. The molecule has 1 aromatic carbocycles. The van der Waals surface area contributed by atoms with Crippen LogP contribution in [0.2, 0.25) is 0 Å². The largest absolute Gasteiger partial charge is 0.493 e. The van der Waals surface area contributed by atoms with Gasteiger partial charge in [-0.15, -0.1) is 0 Å². The Morgan fingerprint density at radius 2 is 1.81 bits per heavy atom. The third-order valence-electron chi connectivity index (χ3n) is 3.08. The highest BCUT2D eigenvalue weighted by Crippen LogP contribution is 2.27. The molecule has 0 radical (unpaired) electrons. The van der Waals surface area contributed by atoms with E-state index in [0.717, 1.165) is 6.29 Å². The molecule has 1 rings (SSSR count). The Bertz CT molecular complexity index is 489. The van der Waals surface area contributed by atoms with Crippen LogP contribution in [0.15, 0.2) is 18.2 Å². The first-order valence-corrected chi connectivity index (χ1v) is 6.97. The van der Waals surface area contributed by atoms with Gasteiger partial charge in [0.2, 0.25) is 0 Å². The van der Waals surface area contributed by atoms with E-state index in [9.17, 15) is 9.59 Å². The van der Waals surface area contributed by atoms with Gasteiger partial charge in [-0.05, 0) is 45.9 Å². The van der Waals surface area contributed by atoms with Gasteiger partial charge in [0.1, 0.15) is 6.29 Å². The maximum absolute atomic E-state index is 12.2. The van der Waals surface area contributed by atoms with Gasteiger partial charge in [0, 0.05) is 17.6 Å². The van der Waals surface area contributed by atoms with Gasteiger partial charge in [0.15, 0.2) is 18.1 Å². The van der Waals surface area contributed by atoms with Crippen LogP contribution < -0.4 is 9.47 Å². The molecule has 0 aromatic heterocycles. The van der Waals surface area contributed by atoms with E-state index in [-0.39, 0.29) is 24.6 Å². The van der Waals surface area contributed by atoms with E-state index in [1.807, 2.05) is 27.7 Å². The smallest absolute Gasteiger partial charge is 0.260 e. The summed E-state index contributed by atoms with van der Waals surface area (Å²) in [4.78, 5) is 24.7. The molecule has 5 nitrogen and oxygen atoms in total. The average molecular weight is 293 g/mol. The molecule has 0 aliphatic carbocycles. The van der Waals surface area contributed by atoms with Crippen molar-refractivity contribution in [2.24, 2.45) is 0 Å². The van der Waals surface area contributed by atoms with E-state index >= 15 is 0 Å². The van der Waals surface area contributed by atoms with Crippen molar-refractivity contribution in [2.45, 2.75) is 39.8 Å². The van der Waals surface area contributed by atoms with Crippen molar-refractivity contribution in [3.8, 4) is 11.5 Å². The minimum atomic E-state index is -0.0819. The summed E-state index contributed by atoms with van der Waals surface area (Å²) < 4.78 is 10.7. The predicted molar refractivity (Wildman–Crippen MR) is 81.0 cm³/mol. The van der Waals surface area contributed by atoms with Crippen LogP contribution in [0.1, 0.15) is 38.1 Å². The average Bonchev–Trinajstić information content (AvgIpc) is 2.44. The molecule has 0 spiro atoms. The van der Waals surface area contributed by atoms with Crippen LogP contribution in [0.5, 0.6) is 11.5 Å². The fraction of sp³-hybridized carbons (Fsp3) is 0.500. The molecule has 0 aliphatic heterocycles. The Balaban J connectivity index is 2.79. The van der Waals surface area contributed by atoms with Crippen molar-refractivity contribution in [1.82, 2.24) is 4.90 Å². The second kappa shape index (κ2) is 7.67. The first-order valence-electron chi connectivity index (χ1n) is 6.97. The molecule has 0 N–H and O–H groups in total. The Labute approximate surface area is 125 Å². The number of amides is 1. The number of ether oxygens (including phenoxy) is 2. The highest BCUT2D eigenvalue weighted by molar-refractivity contribution is 5.79. The number of carbonyl (C=O) groups is 2. The first-order chi connectivity index (χ1) is 9.90. The second-order valence-electron chi connectivity index (χ2n) is 5.31. The molecule has 0 unspecified atom stereocenters. The van der Waals surface area contributed by atoms with Crippen LogP contribution >= 0.6 is 0 Å². The summed E-state index contributed by atoms with van der Waals surface area (Å²) in [5.74, 6) is 0.804. The Morgan fingerprint density at radius 3 is 2.29 bits per heavy atom. The normalized spacial score (nSPS) is 10.6. The first kappa shape index (κ1) is 17.0. The molecule has 0 heterocycles. The molecule has 0 bridgehead atoms. The summed E-state index contributed by atoms with van der Waals surface area (Å²) in [6.07, 6.45) is 0.733. The molecule has 0 fully saturated rings. The Morgan fingerprint density at radius 1 is 1.19 bits per heavy atom. The van der Waals surface area contributed by atoms with Gasteiger partial charge >= 0.3 is 0 Å². The summed E-state index contributed by atoms with van der Waals surface area (Å²) in [5, 5.41) is 0. The molecule has 0 saturated heterocycles. The number of hydrogen-bond donors (Lipinski definition) is 0. The van der Waals surface area contributed by atoms with E-state index in [1.165, 1.54) is 7.11 Å². The maximum Gasteiger partial charge on any atom is 0.260 e. The third-order valence-corrected chi connectivity index (χ3v) is 3.08. The second-order valence-corrected chi connectivity index (χ2v) is 5.31. The molecule has 0 saturated carbocycles. The predicted octanol–water partition coefficient (Wildman–Crippen LogP) is 2.53. The standard InChI is InChI=1S/C16H23NO4/c1-11(2)17(12(3)4)16(19)10-21-14-7-6-13(9-18)8-15(14)20-5/h6-9,11-12H,10H2,1-5H3. The molecular formula is C16H23NO4.